The summed E-state index contributed by atoms with van der Waals surface area (Å²) in [6.07, 6.45) is -0.281. The van der Waals surface area contributed by atoms with E-state index >= 15 is 0 Å². The first-order valence-corrected chi connectivity index (χ1v) is 14.9. The number of Topliss-reactive ketones (excluding diaryl/α,β-unsaturated/α-hetero) is 1. The van der Waals surface area contributed by atoms with Crippen molar-refractivity contribution in [2.45, 2.75) is 30.0 Å². The standard InChI is InChI=1S/C27H36F3N5O4S/c28-27(29,30)22-6-4-5-21(17-22)25(36)18-31-19-26(37)32-23-9-10-34(20-23)12-11-33-13-15-35(16-14-33)40(38,39)24-7-2-1-3-8-24/h1-8,22-23,31H,9-20H2,(H,32,37). The van der Waals surface area contributed by atoms with Crippen molar-refractivity contribution in [2.24, 2.45) is 5.92 Å². The van der Waals surface area contributed by atoms with E-state index in [1.165, 1.54) is 16.5 Å². The van der Waals surface area contributed by atoms with Gasteiger partial charge in [-0.05, 0) is 30.5 Å². The fourth-order valence-electron chi connectivity index (χ4n) is 5.16. The SMILES string of the molecule is O=C(CNCC(=O)C1=CC=CC(C(F)(F)F)C1)NC1CCN(CCN2CCN(S(=O)(=O)c3ccccc3)CC2)C1. The van der Waals surface area contributed by atoms with Gasteiger partial charge in [0.2, 0.25) is 15.9 Å². The van der Waals surface area contributed by atoms with Crippen LogP contribution in [0.1, 0.15) is 12.8 Å². The zero-order valence-corrected chi connectivity index (χ0v) is 23.1. The largest absolute Gasteiger partial charge is 0.395 e. The molecular formula is C27H36F3N5O4S. The van der Waals surface area contributed by atoms with Gasteiger partial charge in [-0.2, -0.15) is 17.5 Å². The molecule has 0 radical (unpaired) electrons. The normalized spacial score (nSPS) is 23.2. The summed E-state index contributed by atoms with van der Waals surface area (Å²) in [5.41, 5.74) is 0.100. The molecule has 3 aliphatic rings. The summed E-state index contributed by atoms with van der Waals surface area (Å²) in [7, 11) is -3.47. The number of alkyl halides is 3. The molecule has 1 amide bonds. The quantitative estimate of drug-likeness (QED) is 0.406. The van der Waals surface area contributed by atoms with Gasteiger partial charge in [0.25, 0.3) is 0 Å². The second-order valence-corrected chi connectivity index (χ2v) is 12.3. The third-order valence-electron chi connectivity index (χ3n) is 7.51. The van der Waals surface area contributed by atoms with Gasteiger partial charge in [-0.15, -0.1) is 0 Å². The van der Waals surface area contributed by atoms with Gasteiger partial charge in [-0.1, -0.05) is 36.4 Å². The van der Waals surface area contributed by atoms with Gasteiger partial charge in [0.15, 0.2) is 5.78 Å². The van der Waals surface area contributed by atoms with Gasteiger partial charge < -0.3 is 10.6 Å². The highest BCUT2D eigenvalue weighted by Crippen LogP contribution is 2.34. The lowest BCUT2D eigenvalue weighted by Crippen LogP contribution is -2.50. The van der Waals surface area contributed by atoms with Crippen molar-refractivity contribution in [1.82, 2.24) is 24.7 Å². The van der Waals surface area contributed by atoms with Crippen LogP contribution in [0.4, 0.5) is 13.2 Å². The van der Waals surface area contributed by atoms with E-state index in [4.69, 9.17) is 0 Å². The van der Waals surface area contributed by atoms with Gasteiger partial charge >= 0.3 is 6.18 Å². The first kappa shape index (κ1) is 30.4. The fourth-order valence-corrected chi connectivity index (χ4v) is 6.61. The van der Waals surface area contributed by atoms with E-state index in [2.05, 4.69) is 20.4 Å². The molecule has 2 heterocycles. The third-order valence-corrected chi connectivity index (χ3v) is 9.43. The van der Waals surface area contributed by atoms with Crippen LogP contribution < -0.4 is 10.6 Å². The zero-order valence-electron chi connectivity index (χ0n) is 22.3. The van der Waals surface area contributed by atoms with Crippen LogP contribution in [0.5, 0.6) is 0 Å². The number of carbonyl (C=O) groups is 2. The predicted octanol–water partition coefficient (Wildman–Crippen LogP) is 1.41. The van der Waals surface area contributed by atoms with Gasteiger partial charge in [-0.3, -0.25) is 19.4 Å². The molecule has 220 valence electrons. The van der Waals surface area contributed by atoms with E-state index in [1.54, 1.807) is 30.3 Å². The summed E-state index contributed by atoms with van der Waals surface area (Å²) in [6.45, 7) is 5.08. The van der Waals surface area contributed by atoms with Gasteiger partial charge in [-0.25, -0.2) is 8.42 Å². The minimum atomic E-state index is -4.39. The van der Waals surface area contributed by atoms with Crippen LogP contribution in [0.25, 0.3) is 0 Å². The molecular weight excluding hydrogens is 547 g/mol. The number of nitrogens with zero attached hydrogens (tertiary/aromatic N) is 3. The van der Waals surface area contributed by atoms with Crippen LogP contribution in [0.15, 0.2) is 59.0 Å². The lowest BCUT2D eigenvalue weighted by molar-refractivity contribution is -0.161. The molecule has 0 saturated carbocycles. The van der Waals surface area contributed by atoms with Crippen LogP contribution in [0, 0.1) is 5.92 Å². The lowest BCUT2D eigenvalue weighted by atomic mass is 9.91. The highest BCUT2D eigenvalue weighted by molar-refractivity contribution is 7.89. The number of likely N-dealkylation sites (tertiary alicyclic amines) is 1. The molecule has 0 aromatic heterocycles. The second-order valence-electron chi connectivity index (χ2n) is 10.4. The number of allylic oxidation sites excluding steroid dienone is 3. The zero-order chi connectivity index (χ0) is 28.8. The van der Waals surface area contributed by atoms with Crippen molar-refractivity contribution >= 4 is 21.7 Å². The molecule has 2 fully saturated rings. The highest BCUT2D eigenvalue weighted by atomic mass is 32.2. The Bertz CT molecular complexity index is 1200. The number of amides is 1. The van der Waals surface area contributed by atoms with Crippen molar-refractivity contribution in [1.29, 1.82) is 0 Å². The molecule has 1 aromatic carbocycles. The Labute approximate surface area is 233 Å². The molecule has 2 aliphatic heterocycles. The molecule has 0 spiro atoms. The van der Waals surface area contributed by atoms with Crippen molar-refractivity contribution in [2.75, 3.05) is 65.4 Å². The molecule has 4 rings (SSSR count). The minimum absolute atomic E-state index is 0.0170. The Morgan fingerprint density at radius 2 is 1.65 bits per heavy atom. The Hall–Kier alpha value is -2.58. The first-order valence-electron chi connectivity index (χ1n) is 13.5. The molecule has 1 aliphatic carbocycles. The molecule has 2 atom stereocenters. The number of ketones is 1. The summed E-state index contributed by atoms with van der Waals surface area (Å²) in [5, 5.41) is 5.69. The number of hydrogen-bond donors (Lipinski definition) is 2. The number of sulfonamides is 1. The molecule has 9 nitrogen and oxygen atoms in total. The molecule has 40 heavy (non-hydrogen) atoms. The van der Waals surface area contributed by atoms with E-state index in [1.807, 2.05) is 0 Å². The number of benzene rings is 1. The number of rotatable bonds is 11. The molecule has 13 heteroatoms. The van der Waals surface area contributed by atoms with E-state index < -0.39 is 27.9 Å². The monoisotopic (exact) mass is 583 g/mol. The summed E-state index contributed by atoms with van der Waals surface area (Å²) < 4.78 is 65.9. The van der Waals surface area contributed by atoms with E-state index in [-0.39, 0.29) is 37.0 Å². The first-order chi connectivity index (χ1) is 19.0. The number of hydrogen-bond acceptors (Lipinski definition) is 7. The summed E-state index contributed by atoms with van der Waals surface area (Å²) in [4.78, 5) is 29.4. The van der Waals surface area contributed by atoms with Gasteiger partial charge in [0.1, 0.15) is 0 Å². The average Bonchev–Trinajstić information content (AvgIpc) is 3.39. The van der Waals surface area contributed by atoms with E-state index in [9.17, 15) is 31.2 Å². The van der Waals surface area contributed by atoms with E-state index in [0.29, 0.717) is 37.6 Å². The predicted molar refractivity (Wildman–Crippen MR) is 144 cm³/mol. The maximum absolute atomic E-state index is 12.9. The number of piperazine rings is 1. The van der Waals surface area contributed by atoms with Gasteiger partial charge in [0, 0.05) is 58.4 Å². The number of nitrogens with one attached hydrogen (secondary N) is 2. The maximum Gasteiger partial charge on any atom is 0.395 e. The summed E-state index contributed by atoms with van der Waals surface area (Å²) in [6, 6.07) is 8.44. The van der Waals surface area contributed by atoms with Crippen LogP contribution >= 0.6 is 0 Å². The highest BCUT2D eigenvalue weighted by Gasteiger charge is 2.39. The Balaban J connectivity index is 1.10. The van der Waals surface area contributed by atoms with E-state index in [0.717, 1.165) is 32.1 Å². The van der Waals surface area contributed by atoms with Crippen LogP contribution in [0.3, 0.4) is 0 Å². The fraction of sp³-hybridized carbons (Fsp3) is 0.556. The molecule has 2 unspecified atom stereocenters. The molecule has 1 aromatic rings. The second kappa shape index (κ2) is 13.4. The number of halogens is 3. The lowest BCUT2D eigenvalue weighted by Gasteiger charge is -2.34. The third kappa shape index (κ3) is 8.23. The van der Waals surface area contributed by atoms with Crippen LogP contribution in [-0.2, 0) is 19.6 Å². The number of carbonyl (C=O) groups excluding carboxylic acids is 2. The maximum atomic E-state index is 12.9. The summed E-state index contributed by atoms with van der Waals surface area (Å²) >= 11 is 0. The summed E-state index contributed by atoms with van der Waals surface area (Å²) in [5.74, 6) is -2.37. The average molecular weight is 584 g/mol. The molecule has 2 N–H and O–H groups in total. The van der Waals surface area contributed by atoms with Crippen LogP contribution in [-0.4, -0.2) is 112 Å². The van der Waals surface area contributed by atoms with Crippen molar-refractivity contribution in [3.8, 4) is 0 Å². The topological polar surface area (TPSA) is 102 Å². The smallest absolute Gasteiger partial charge is 0.351 e. The molecule has 0 bridgehead atoms. The molecule has 2 saturated heterocycles. The van der Waals surface area contributed by atoms with Crippen LogP contribution in [0.2, 0.25) is 0 Å². The Morgan fingerprint density at radius 1 is 0.950 bits per heavy atom. The minimum Gasteiger partial charge on any atom is -0.351 e. The van der Waals surface area contributed by atoms with Crippen molar-refractivity contribution in [3.63, 3.8) is 0 Å². The Kier molecular flexibility index (Phi) is 10.2. The van der Waals surface area contributed by atoms with Gasteiger partial charge in [0.05, 0.1) is 23.9 Å². The van der Waals surface area contributed by atoms with Crippen molar-refractivity contribution < 1.29 is 31.2 Å². The Morgan fingerprint density at radius 3 is 2.35 bits per heavy atom. The van der Waals surface area contributed by atoms with Crippen molar-refractivity contribution in [3.05, 3.63) is 54.1 Å².